The number of allylic oxidation sites excluding steroid dienone is 8. The molecule has 2 atom stereocenters. The topological polar surface area (TPSA) is 111 Å². The number of esters is 2. The molecule has 10 heteroatoms. The zero-order valence-electron chi connectivity index (χ0n) is 44.3. The number of carbonyl (C=O) groups is 2. The first-order valence-electron chi connectivity index (χ1n) is 27.8. The summed E-state index contributed by atoms with van der Waals surface area (Å²) in [4.78, 5) is 37.7. The van der Waals surface area contributed by atoms with Crippen molar-refractivity contribution >= 4 is 19.8 Å². The van der Waals surface area contributed by atoms with Crippen molar-refractivity contribution in [1.29, 1.82) is 0 Å². The molecule has 0 N–H and O–H groups in total. The Morgan fingerprint density at radius 1 is 0.463 bits per heavy atom. The predicted octanol–water partition coefficient (Wildman–Crippen LogP) is 16.3. The molecule has 0 aromatic rings. The molecular formula is C57H106NO8P. The van der Waals surface area contributed by atoms with Gasteiger partial charge in [0.1, 0.15) is 19.8 Å². The van der Waals surface area contributed by atoms with Crippen molar-refractivity contribution in [1.82, 2.24) is 0 Å². The molecule has 0 aromatic carbocycles. The smallest absolute Gasteiger partial charge is 0.306 e. The van der Waals surface area contributed by atoms with Gasteiger partial charge in [-0.3, -0.25) is 14.2 Å². The molecule has 0 aliphatic carbocycles. The Balaban J connectivity index is 4.12. The lowest BCUT2D eigenvalue weighted by atomic mass is 10.0. The highest BCUT2D eigenvalue weighted by atomic mass is 31.2. The number of likely N-dealkylation sites (N-methyl/N-ethyl adjacent to an activating group) is 1. The number of ether oxygens (including phenoxy) is 2. The molecule has 0 fully saturated rings. The van der Waals surface area contributed by atoms with Gasteiger partial charge in [-0.25, -0.2) is 0 Å². The van der Waals surface area contributed by atoms with Crippen LogP contribution in [0, 0.1) is 0 Å². The number of phosphoric acid groups is 1. The fourth-order valence-electron chi connectivity index (χ4n) is 7.72. The van der Waals surface area contributed by atoms with Crippen LogP contribution in [-0.2, 0) is 32.7 Å². The van der Waals surface area contributed by atoms with Crippen LogP contribution in [0.15, 0.2) is 48.6 Å². The van der Waals surface area contributed by atoms with Crippen molar-refractivity contribution < 1.29 is 42.1 Å². The first-order chi connectivity index (χ1) is 32.5. The molecule has 0 spiro atoms. The average molecular weight is 964 g/mol. The largest absolute Gasteiger partial charge is 0.756 e. The third-order valence-corrected chi connectivity index (χ3v) is 13.0. The van der Waals surface area contributed by atoms with E-state index in [1.807, 2.05) is 21.1 Å². The lowest BCUT2D eigenvalue weighted by Crippen LogP contribution is -2.37. The molecule has 0 aliphatic rings. The van der Waals surface area contributed by atoms with Crippen LogP contribution in [0.2, 0.25) is 0 Å². The lowest BCUT2D eigenvalue weighted by Gasteiger charge is -2.28. The molecule has 9 nitrogen and oxygen atoms in total. The molecule has 0 rings (SSSR count). The normalized spacial score (nSPS) is 13.7. The second-order valence-electron chi connectivity index (χ2n) is 19.9. The number of rotatable bonds is 51. The van der Waals surface area contributed by atoms with Gasteiger partial charge in [0.2, 0.25) is 0 Å². The molecule has 0 amide bonds. The maximum absolute atomic E-state index is 12.8. The van der Waals surface area contributed by atoms with Crippen molar-refractivity contribution in [2.45, 2.75) is 258 Å². The van der Waals surface area contributed by atoms with Crippen LogP contribution in [0.4, 0.5) is 0 Å². The van der Waals surface area contributed by atoms with Crippen LogP contribution in [0.1, 0.15) is 251 Å². The molecule has 0 aliphatic heterocycles. The van der Waals surface area contributed by atoms with Crippen LogP contribution in [0.3, 0.4) is 0 Å². The van der Waals surface area contributed by atoms with Gasteiger partial charge >= 0.3 is 11.9 Å². The number of hydrogen-bond donors (Lipinski definition) is 0. The van der Waals surface area contributed by atoms with Crippen molar-refractivity contribution in [3.8, 4) is 0 Å². The average Bonchev–Trinajstić information content (AvgIpc) is 3.29. The SMILES string of the molecule is CCCCCCC/C=C\C/C=C\C/C=C\CCCCCCCCCCCCCCCCC(=O)OC(COC(=O)CCCCCCC/C=C\CCCCCCC)COP(=O)([O-])OCC[N+](C)(C)C. The number of nitrogens with zero attached hydrogens (tertiary/aromatic N) is 1. The van der Waals surface area contributed by atoms with Crippen LogP contribution >= 0.6 is 7.82 Å². The minimum absolute atomic E-state index is 0.0323. The summed E-state index contributed by atoms with van der Waals surface area (Å²) >= 11 is 0. The lowest BCUT2D eigenvalue weighted by molar-refractivity contribution is -0.870. The monoisotopic (exact) mass is 964 g/mol. The Kier molecular flexibility index (Phi) is 47.5. The number of unbranched alkanes of at least 4 members (excludes halogenated alkanes) is 29. The highest BCUT2D eigenvalue weighted by Gasteiger charge is 2.21. The summed E-state index contributed by atoms with van der Waals surface area (Å²) in [6, 6.07) is 0. The molecule has 0 saturated heterocycles. The van der Waals surface area contributed by atoms with Gasteiger partial charge in [-0.15, -0.1) is 0 Å². The fraction of sp³-hybridized carbons (Fsp3) is 0.825. The van der Waals surface area contributed by atoms with Crippen LogP contribution in [0.5, 0.6) is 0 Å². The van der Waals surface area contributed by atoms with Crippen molar-refractivity contribution in [2.24, 2.45) is 0 Å². The van der Waals surface area contributed by atoms with Gasteiger partial charge < -0.3 is 27.9 Å². The summed E-state index contributed by atoms with van der Waals surface area (Å²) in [5, 5.41) is 0. The Morgan fingerprint density at radius 3 is 1.21 bits per heavy atom. The maximum atomic E-state index is 12.8. The van der Waals surface area contributed by atoms with E-state index < -0.39 is 32.5 Å². The Bertz CT molecular complexity index is 1270. The molecular weight excluding hydrogens is 858 g/mol. The summed E-state index contributed by atoms with van der Waals surface area (Å²) in [6.07, 6.45) is 60.1. The van der Waals surface area contributed by atoms with Gasteiger partial charge in [0, 0.05) is 12.8 Å². The third kappa shape index (κ3) is 53.2. The molecule has 0 saturated carbocycles. The minimum atomic E-state index is -4.63. The first-order valence-corrected chi connectivity index (χ1v) is 29.3. The number of phosphoric ester groups is 1. The summed E-state index contributed by atoms with van der Waals surface area (Å²) in [7, 11) is 1.16. The van der Waals surface area contributed by atoms with E-state index in [4.69, 9.17) is 18.5 Å². The Morgan fingerprint density at radius 2 is 0.806 bits per heavy atom. The van der Waals surface area contributed by atoms with Crippen molar-refractivity contribution in [3.05, 3.63) is 48.6 Å². The van der Waals surface area contributed by atoms with Crippen molar-refractivity contribution in [3.63, 3.8) is 0 Å². The molecule has 2 unspecified atom stereocenters. The molecule has 0 radical (unpaired) electrons. The van der Waals surface area contributed by atoms with Gasteiger partial charge in [0.15, 0.2) is 6.10 Å². The second-order valence-corrected chi connectivity index (χ2v) is 21.4. The molecule has 0 aromatic heterocycles. The van der Waals surface area contributed by atoms with Crippen molar-refractivity contribution in [2.75, 3.05) is 47.5 Å². The zero-order chi connectivity index (χ0) is 49.2. The maximum Gasteiger partial charge on any atom is 0.306 e. The molecule has 0 bridgehead atoms. The Labute approximate surface area is 414 Å². The van der Waals surface area contributed by atoms with Crippen LogP contribution in [-0.4, -0.2) is 70.0 Å². The number of quaternary nitrogens is 1. The summed E-state index contributed by atoms with van der Waals surface area (Å²) < 4.78 is 34.1. The molecule has 67 heavy (non-hydrogen) atoms. The van der Waals surface area contributed by atoms with E-state index in [0.717, 1.165) is 70.6 Å². The van der Waals surface area contributed by atoms with Crippen LogP contribution in [0.25, 0.3) is 0 Å². The van der Waals surface area contributed by atoms with E-state index in [0.29, 0.717) is 17.4 Å². The van der Waals surface area contributed by atoms with E-state index >= 15 is 0 Å². The van der Waals surface area contributed by atoms with Gasteiger partial charge in [0.25, 0.3) is 7.82 Å². The zero-order valence-corrected chi connectivity index (χ0v) is 45.2. The van der Waals surface area contributed by atoms with E-state index in [1.165, 1.54) is 148 Å². The quantitative estimate of drug-likeness (QED) is 0.0195. The van der Waals surface area contributed by atoms with E-state index in [-0.39, 0.29) is 26.1 Å². The van der Waals surface area contributed by atoms with E-state index in [1.54, 1.807) is 0 Å². The predicted molar refractivity (Wildman–Crippen MR) is 282 cm³/mol. The summed E-state index contributed by atoms with van der Waals surface area (Å²) in [5.74, 6) is -0.838. The van der Waals surface area contributed by atoms with Gasteiger partial charge in [-0.2, -0.15) is 0 Å². The van der Waals surface area contributed by atoms with E-state index in [2.05, 4.69) is 62.5 Å². The third-order valence-electron chi connectivity index (χ3n) is 12.1. The van der Waals surface area contributed by atoms with Crippen LogP contribution < -0.4 is 4.89 Å². The number of hydrogen-bond acceptors (Lipinski definition) is 8. The minimum Gasteiger partial charge on any atom is -0.756 e. The summed E-state index contributed by atoms with van der Waals surface area (Å²) in [5.41, 5.74) is 0. The van der Waals surface area contributed by atoms with Gasteiger partial charge in [0.05, 0.1) is 27.7 Å². The highest BCUT2D eigenvalue weighted by Crippen LogP contribution is 2.38. The fourth-order valence-corrected chi connectivity index (χ4v) is 8.45. The van der Waals surface area contributed by atoms with Gasteiger partial charge in [-0.1, -0.05) is 210 Å². The first kappa shape index (κ1) is 65.0. The highest BCUT2D eigenvalue weighted by molar-refractivity contribution is 7.45. The second kappa shape index (κ2) is 49.0. The van der Waals surface area contributed by atoms with Gasteiger partial charge in [-0.05, 0) is 77.0 Å². The Hall–Kier alpha value is -2.03. The molecule has 392 valence electrons. The molecule has 0 heterocycles. The standard InChI is InChI=1S/C57H106NO8P/c1-6-8-10-12-14-16-18-20-22-23-24-25-26-27-28-29-30-31-32-33-34-35-36-38-40-42-44-46-48-50-57(60)66-55(54-65-67(61,62)64-52-51-58(3,4)5)53-63-56(59)49-47-45-43-41-39-37-21-19-17-15-13-11-9-7-2/h18-21,23-24,26-27,55H,6-17,22,25,28-54H2,1-5H3/b20-18-,21-19-,24-23-,27-26-. The summed E-state index contributed by atoms with van der Waals surface area (Å²) in [6.45, 7) is 4.22. The van der Waals surface area contributed by atoms with E-state index in [9.17, 15) is 19.0 Å². The number of carbonyl (C=O) groups excluding carboxylic acids is 2.